The van der Waals surface area contributed by atoms with Gasteiger partial charge in [0.25, 0.3) is 0 Å². The molecule has 0 saturated heterocycles. The Morgan fingerprint density at radius 1 is 1.18 bits per heavy atom. The van der Waals surface area contributed by atoms with Crippen molar-refractivity contribution in [3.63, 3.8) is 0 Å². The Morgan fingerprint density at radius 3 is 2.68 bits per heavy atom. The van der Waals surface area contributed by atoms with E-state index in [1.54, 1.807) is 0 Å². The molecule has 4 heteroatoms. The van der Waals surface area contributed by atoms with Crippen LogP contribution in [-0.4, -0.2) is 17.9 Å². The number of rotatable bonds is 4. The highest BCUT2D eigenvalue weighted by Gasteiger charge is 2.02. The molecule has 0 heterocycles. The van der Waals surface area contributed by atoms with E-state index in [1.807, 2.05) is 61.5 Å². The third-order valence-electron chi connectivity index (χ3n) is 2.76. The van der Waals surface area contributed by atoms with Gasteiger partial charge in [-0.25, -0.2) is 5.43 Å². The Kier molecular flexibility index (Phi) is 6.28. The van der Waals surface area contributed by atoms with Gasteiger partial charge in [-0.2, -0.15) is 5.10 Å². The normalized spacial score (nSPS) is 10.0. The molecular weight excluding hydrogens is 292 g/mol. The fraction of sp³-hybridized carbons (Fsp3) is 0.111. The van der Waals surface area contributed by atoms with Crippen LogP contribution in [-0.2, 0) is 4.79 Å². The Bertz CT molecular complexity index is 715. The molecule has 1 amide bonds. The number of hydrazone groups is 1. The molecule has 110 valence electrons. The van der Waals surface area contributed by atoms with Gasteiger partial charge in [-0.15, -0.1) is 11.8 Å². The van der Waals surface area contributed by atoms with Crippen LogP contribution >= 0.6 is 11.8 Å². The molecule has 1 N–H and O–H groups in total. The lowest BCUT2D eigenvalue weighted by Gasteiger charge is -2.03. The third-order valence-corrected chi connectivity index (χ3v) is 3.94. The highest BCUT2D eigenvalue weighted by atomic mass is 32.2. The van der Waals surface area contributed by atoms with E-state index >= 15 is 0 Å². The summed E-state index contributed by atoms with van der Waals surface area (Å²) in [5, 5.41) is 3.81. The van der Waals surface area contributed by atoms with Crippen LogP contribution in [0, 0.1) is 18.8 Å². The molecule has 0 radical (unpaired) electrons. The summed E-state index contributed by atoms with van der Waals surface area (Å²) in [5.41, 5.74) is 4.54. The van der Waals surface area contributed by atoms with Gasteiger partial charge in [-0.1, -0.05) is 42.3 Å². The molecule has 2 aromatic carbocycles. The van der Waals surface area contributed by atoms with Crippen molar-refractivity contribution in [3.05, 3.63) is 65.7 Å². The quantitative estimate of drug-likeness (QED) is 0.408. The van der Waals surface area contributed by atoms with Crippen molar-refractivity contribution in [1.29, 1.82) is 0 Å². The third kappa shape index (κ3) is 5.47. The van der Waals surface area contributed by atoms with Crippen LogP contribution in [0.1, 0.15) is 11.1 Å². The smallest absolute Gasteiger partial charge is 0.250 e. The lowest BCUT2D eigenvalue weighted by Crippen LogP contribution is -2.19. The van der Waals surface area contributed by atoms with E-state index in [4.69, 9.17) is 0 Å². The highest BCUT2D eigenvalue weighted by Crippen LogP contribution is 2.21. The van der Waals surface area contributed by atoms with E-state index in [-0.39, 0.29) is 5.91 Å². The van der Waals surface area contributed by atoms with Crippen molar-refractivity contribution < 1.29 is 4.79 Å². The van der Waals surface area contributed by atoms with Gasteiger partial charge in [0.2, 0.25) is 5.91 Å². The minimum absolute atomic E-state index is 0.147. The van der Waals surface area contributed by atoms with Crippen LogP contribution in [0.3, 0.4) is 0 Å². The van der Waals surface area contributed by atoms with E-state index < -0.39 is 0 Å². The molecule has 0 aliphatic heterocycles. The predicted molar refractivity (Wildman–Crippen MR) is 91.9 cm³/mol. The number of nitrogens with one attached hydrogen (secondary N) is 1. The molecule has 22 heavy (non-hydrogen) atoms. The van der Waals surface area contributed by atoms with Crippen molar-refractivity contribution in [2.24, 2.45) is 5.10 Å². The molecule has 0 spiro atoms. The van der Waals surface area contributed by atoms with Crippen LogP contribution < -0.4 is 5.43 Å². The number of thioether (sulfide) groups is 1. The van der Waals surface area contributed by atoms with Crippen LogP contribution in [0.5, 0.6) is 0 Å². The van der Waals surface area contributed by atoms with Gasteiger partial charge in [-0.05, 0) is 36.6 Å². The summed E-state index contributed by atoms with van der Waals surface area (Å²) < 4.78 is 0. The van der Waals surface area contributed by atoms with Gasteiger partial charge < -0.3 is 0 Å². The lowest BCUT2D eigenvalue weighted by atomic mass is 10.2. The highest BCUT2D eigenvalue weighted by molar-refractivity contribution is 8.00. The maximum atomic E-state index is 11.7. The first kappa shape index (κ1) is 15.9. The van der Waals surface area contributed by atoms with Gasteiger partial charge in [0, 0.05) is 10.5 Å². The topological polar surface area (TPSA) is 41.5 Å². The lowest BCUT2D eigenvalue weighted by molar-refractivity contribution is -0.118. The molecule has 2 aromatic rings. The number of nitrogens with zero attached hydrogens (tertiary/aromatic N) is 1. The second-order valence-electron chi connectivity index (χ2n) is 4.48. The number of hydrogen-bond donors (Lipinski definition) is 1. The first-order valence-electron chi connectivity index (χ1n) is 6.81. The maximum Gasteiger partial charge on any atom is 0.250 e. The summed E-state index contributed by atoms with van der Waals surface area (Å²) in [7, 11) is 0. The standard InChI is InChI=1S/C18H16N2OS/c1-15-8-5-6-12-17(15)22-14-18(21)20-19-13-7-11-16-9-3-2-4-10-16/h2-6,8-10,12-13H,14H2,1H3,(H,20,21). The van der Waals surface area contributed by atoms with Crippen molar-refractivity contribution in [2.45, 2.75) is 11.8 Å². The fourth-order valence-electron chi connectivity index (χ4n) is 1.67. The molecule has 0 saturated carbocycles. The van der Waals surface area contributed by atoms with Crippen LogP contribution in [0.15, 0.2) is 64.6 Å². The number of carbonyl (C=O) groups excluding carboxylic acids is 1. The summed E-state index contributed by atoms with van der Waals surface area (Å²) in [6.07, 6.45) is 1.39. The molecular formula is C18H16N2OS. The maximum absolute atomic E-state index is 11.7. The minimum Gasteiger partial charge on any atom is -0.272 e. The summed E-state index contributed by atoms with van der Waals surface area (Å²) >= 11 is 1.49. The minimum atomic E-state index is -0.147. The Balaban J connectivity index is 1.75. The SMILES string of the molecule is Cc1ccccc1SCC(=O)NN=CC#Cc1ccccc1. The van der Waals surface area contributed by atoms with Crippen LogP contribution in [0.25, 0.3) is 0 Å². The molecule has 0 unspecified atom stereocenters. The number of carbonyl (C=O) groups is 1. The first-order valence-corrected chi connectivity index (χ1v) is 7.79. The van der Waals surface area contributed by atoms with Crippen LogP contribution in [0.2, 0.25) is 0 Å². The molecule has 2 rings (SSSR count). The number of aryl methyl sites for hydroxylation is 1. The predicted octanol–water partition coefficient (Wildman–Crippen LogP) is 3.24. The van der Waals surface area contributed by atoms with E-state index in [0.29, 0.717) is 5.75 Å². The second-order valence-corrected chi connectivity index (χ2v) is 5.50. The first-order chi connectivity index (χ1) is 10.8. The summed E-state index contributed by atoms with van der Waals surface area (Å²) in [6.45, 7) is 2.03. The number of hydrogen-bond acceptors (Lipinski definition) is 3. The number of benzene rings is 2. The second kappa shape index (κ2) is 8.71. The average molecular weight is 308 g/mol. The van der Waals surface area contributed by atoms with Gasteiger partial charge in [0.05, 0.1) is 12.0 Å². The molecule has 0 aliphatic rings. The molecule has 0 atom stereocenters. The van der Waals surface area contributed by atoms with Crippen molar-refractivity contribution in [2.75, 3.05) is 5.75 Å². The van der Waals surface area contributed by atoms with Gasteiger partial charge in [0.15, 0.2) is 0 Å². The monoisotopic (exact) mass is 308 g/mol. The van der Waals surface area contributed by atoms with E-state index in [1.165, 1.54) is 18.0 Å². The number of amides is 1. The largest absolute Gasteiger partial charge is 0.272 e. The summed E-state index contributed by atoms with van der Waals surface area (Å²) in [4.78, 5) is 12.8. The summed E-state index contributed by atoms with van der Waals surface area (Å²) in [6, 6.07) is 17.6. The fourth-order valence-corrected chi connectivity index (χ4v) is 2.49. The molecule has 0 fully saturated rings. The van der Waals surface area contributed by atoms with Crippen LogP contribution in [0.4, 0.5) is 0 Å². The molecule has 3 nitrogen and oxygen atoms in total. The van der Waals surface area contributed by atoms with Crippen molar-refractivity contribution >= 4 is 23.9 Å². The molecule has 0 aromatic heterocycles. The zero-order chi connectivity index (χ0) is 15.6. The van der Waals surface area contributed by atoms with Gasteiger partial charge in [0.1, 0.15) is 0 Å². The molecule has 0 aliphatic carbocycles. The average Bonchev–Trinajstić information content (AvgIpc) is 2.55. The van der Waals surface area contributed by atoms with Crippen molar-refractivity contribution in [1.82, 2.24) is 5.43 Å². The van der Waals surface area contributed by atoms with Gasteiger partial charge >= 0.3 is 0 Å². The Labute approximate surface area is 134 Å². The van der Waals surface area contributed by atoms with E-state index in [9.17, 15) is 4.79 Å². The summed E-state index contributed by atoms with van der Waals surface area (Å²) in [5.74, 6) is 5.89. The Hall–Kier alpha value is -2.51. The van der Waals surface area contributed by atoms with Crippen molar-refractivity contribution in [3.8, 4) is 11.8 Å². The molecule has 0 bridgehead atoms. The zero-order valence-corrected chi connectivity index (χ0v) is 13.1. The Morgan fingerprint density at radius 2 is 1.91 bits per heavy atom. The zero-order valence-electron chi connectivity index (χ0n) is 12.2. The van der Waals surface area contributed by atoms with E-state index in [0.717, 1.165) is 16.0 Å². The van der Waals surface area contributed by atoms with E-state index in [2.05, 4.69) is 22.4 Å². The van der Waals surface area contributed by atoms with Gasteiger partial charge in [-0.3, -0.25) is 4.79 Å².